The fraction of sp³-hybridized carbons (Fsp3) is 0.700. The van der Waals surface area contributed by atoms with Crippen LogP contribution in [0.3, 0.4) is 0 Å². The number of aliphatic carboxylic acids is 2. The number of carboxylic acid groups (broad SMARTS) is 2. The monoisotopic (exact) mass is 261 g/mol. The van der Waals surface area contributed by atoms with E-state index in [0.717, 1.165) is 0 Å². The lowest BCUT2D eigenvalue weighted by atomic mass is 10.1. The summed E-state index contributed by atoms with van der Waals surface area (Å²) in [6.07, 6.45) is -0.0255. The van der Waals surface area contributed by atoms with Crippen molar-refractivity contribution in [1.29, 1.82) is 0 Å². The molecule has 1 rings (SSSR count). The molecule has 1 unspecified atom stereocenters. The number of thiol groups is 1. The second kappa shape index (κ2) is 5.90. The van der Waals surface area contributed by atoms with Gasteiger partial charge in [0.15, 0.2) is 0 Å². The molecule has 0 aliphatic carbocycles. The molecule has 0 radical (unpaired) electrons. The van der Waals surface area contributed by atoms with E-state index in [1.54, 1.807) is 0 Å². The minimum Gasteiger partial charge on any atom is -0.481 e. The maximum Gasteiger partial charge on any atom is 0.326 e. The third-order valence-corrected chi connectivity index (χ3v) is 3.31. The zero-order chi connectivity index (χ0) is 13.0. The first-order chi connectivity index (χ1) is 7.95. The van der Waals surface area contributed by atoms with Crippen LogP contribution in [0.1, 0.15) is 19.3 Å². The van der Waals surface area contributed by atoms with Crippen molar-refractivity contribution in [3.63, 3.8) is 0 Å². The molecule has 2 N–H and O–H groups in total. The highest BCUT2D eigenvalue weighted by Crippen LogP contribution is 2.23. The average Bonchev–Trinajstić information content (AvgIpc) is 2.59. The predicted molar refractivity (Wildman–Crippen MR) is 62.0 cm³/mol. The van der Waals surface area contributed by atoms with Gasteiger partial charge in [0.2, 0.25) is 5.91 Å². The summed E-state index contributed by atoms with van der Waals surface area (Å²) in [6.45, 7) is 0.346. The van der Waals surface area contributed by atoms with Crippen LogP contribution in [0.5, 0.6) is 0 Å². The fourth-order valence-electron chi connectivity index (χ4n) is 1.90. The van der Waals surface area contributed by atoms with Gasteiger partial charge in [-0.2, -0.15) is 12.6 Å². The standard InChI is InChI=1S/C10H15NO5S/c12-8-3-6(5-17)4-11(8)7(10(15)16)1-2-9(13)14/h6-7,17H,1-5H2,(H,13,14)(H,15,16)/t6?,7-/m0/s1. The summed E-state index contributed by atoms with van der Waals surface area (Å²) in [7, 11) is 0. The summed E-state index contributed by atoms with van der Waals surface area (Å²) in [4.78, 5) is 34.3. The van der Waals surface area contributed by atoms with Crippen molar-refractivity contribution in [2.75, 3.05) is 12.3 Å². The highest BCUT2D eigenvalue weighted by molar-refractivity contribution is 7.80. The van der Waals surface area contributed by atoms with E-state index >= 15 is 0 Å². The average molecular weight is 261 g/mol. The van der Waals surface area contributed by atoms with Gasteiger partial charge >= 0.3 is 11.9 Å². The Morgan fingerprint density at radius 3 is 2.53 bits per heavy atom. The zero-order valence-corrected chi connectivity index (χ0v) is 10.1. The molecular formula is C10H15NO5S. The van der Waals surface area contributed by atoms with Crippen LogP contribution < -0.4 is 0 Å². The van der Waals surface area contributed by atoms with Crippen LogP contribution in [0.25, 0.3) is 0 Å². The molecule has 0 aromatic heterocycles. The number of likely N-dealkylation sites (tertiary alicyclic amines) is 1. The summed E-state index contributed by atoms with van der Waals surface area (Å²) in [6, 6.07) is -1.04. The first-order valence-electron chi connectivity index (χ1n) is 5.30. The van der Waals surface area contributed by atoms with Crippen LogP contribution in [0.2, 0.25) is 0 Å². The third kappa shape index (κ3) is 3.62. The van der Waals surface area contributed by atoms with Crippen molar-refractivity contribution < 1.29 is 24.6 Å². The van der Waals surface area contributed by atoms with Gasteiger partial charge in [-0.05, 0) is 18.1 Å². The molecule has 0 aromatic rings. The summed E-state index contributed by atoms with van der Waals surface area (Å²) < 4.78 is 0. The quantitative estimate of drug-likeness (QED) is 0.589. The van der Waals surface area contributed by atoms with Gasteiger partial charge in [0, 0.05) is 19.4 Å². The number of hydrogen-bond acceptors (Lipinski definition) is 4. The third-order valence-electron chi connectivity index (χ3n) is 2.79. The number of carbonyl (C=O) groups excluding carboxylic acids is 1. The number of rotatable bonds is 6. The summed E-state index contributed by atoms with van der Waals surface area (Å²) in [5, 5.41) is 17.6. The Morgan fingerprint density at radius 1 is 1.47 bits per heavy atom. The van der Waals surface area contributed by atoms with Crippen LogP contribution in [-0.2, 0) is 14.4 Å². The molecule has 2 atom stereocenters. The molecule has 1 saturated heterocycles. The molecule has 1 heterocycles. The molecule has 0 spiro atoms. The Bertz CT molecular complexity index is 333. The van der Waals surface area contributed by atoms with Crippen molar-refractivity contribution in [1.82, 2.24) is 4.90 Å². The molecule has 17 heavy (non-hydrogen) atoms. The number of nitrogens with zero attached hydrogens (tertiary/aromatic N) is 1. The molecule has 6 nitrogen and oxygen atoms in total. The maximum atomic E-state index is 11.6. The van der Waals surface area contributed by atoms with E-state index < -0.39 is 18.0 Å². The minimum absolute atomic E-state index is 0.0533. The lowest BCUT2D eigenvalue weighted by molar-refractivity contribution is -0.149. The summed E-state index contributed by atoms with van der Waals surface area (Å²) in [5.74, 6) is -1.87. The second-order valence-electron chi connectivity index (χ2n) is 4.09. The molecule has 7 heteroatoms. The van der Waals surface area contributed by atoms with Crippen molar-refractivity contribution in [2.24, 2.45) is 5.92 Å². The van der Waals surface area contributed by atoms with Gasteiger partial charge in [-0.15, -0.1) is 0 Å². The number of amides is 1. The Balaban J connectivity index is 2.67. The maximum absolute atomic E-state index is 11.6. The van der Waals surface area contributed by atoms with Gasteiger partial charge in [0.05, 0.1) is 0 Å². The molecular weight excluding hydrogens is 246 g/mol. The highest BCUT2D eigenvalue weighted by Gasteiger charge is 2.37. The van der Waals surface area contributed by atoms with E-state index in [9.17, 15) is 14.4 Å². The first kappa shape index (κ1) is 13.8. The Kier molecular flexibility index (Phi) is 4.80. The van der Waals surface area contributed by atoms with Crippen molar-refractivity contribution in [2.45, 2.75) is 25.3 Å². The molecule has 1 aliphatic rings. The van der Waals surface area contributed by atoms with E-state index in [-0.39, 0.29) is 24.7 Å². The summed E-state index contributed by atoms with van der Waals surface area (Å²) in [5.41, 5.74) is 0. The molecule has 1 fully saturated rings. The Labute approximate surface area is 104 Å². The van der Waals surface area contributed by atoms with Gasteiger partial charge in [0.1, 0.15) is 6.04 Å². The smallest absolute Gasteiger partial charge is 0.326 e. The van der Waals surface area contributed by atoms with Gasteiger partial charge in [0.25, 0.3) is 0 Å². The molecule has 96 valence electrons. The van der Waals surface area contributed by atoms with Crippen LogP contribution in [0.4, 0.5) is 0 Å². The highest BCUT2D eigenvalue weighted by atomic mass is 32.1. The second-order valence-corrected chi connectivity index (χ2v) is 4.45. The van der Waals surface area contributed by atoms with Crippen molar-refractivity contribution in [3.05, 3.63) is 0 Å². The topological polar surface area (TPSA) is 94.9 Å². The van der Waals surface area contributed by atoms with Gasteiger partial charge in [-0.1, -0.05) is 0 Å². The number of carbonyl (C=O) groups is 3. The van der Waals surface area contributed by atoms with Gasteiger partial charge in [-0.3, -0.25) is 9.59 Å². The predicted octanol–water partition coefficient (Wildman–Crippen LogP) is 0.0827. The lowest BCUT2D eigenvalue weighted by Gasteiger charge is -2.24. The fourth-order valence-corrected chi connectivity index (χ4v) is 2.15. The van der Waals surface area contributed by atoms with E-state index in [4.69, 9.17) is 10.2 Å². The minimum atomic E-state index is -1.15. The largest absolute Gasteiger partial charge is 0.481 e. The molecule has 1 aliphatic heterocycles. The van der Waals surface area contributed by atoms with Crippen LogP contribution in [0.15, 0.2) is 0 Å². The van der Waals surface area contributed by atoms with E-state index in [1.165, 1.54) is 4.90 Å². The Hall–Kier alpha value is -1.24. The molecule has 0 bridgehead atoms. The van der Waals surface area contributed by atoms with Crippen LogP contribution >= 0.6 is 12.6 Å². The lowest BCUT2D eigenvalue weighted by Crippen LogP contribution is -2.42. The van der Waals surface area contributed by atoms with E-state index in [2.05, 4.69) is 12.6 Å². The van der Waals surface area contributed by atoms with E-state index in [1.807, 2.05) is 0 Å². The number of carboxylic acids is 2. The van der Waals surface area contributed by atoms with Crippen LogP contribution in [0, 0.1) is 5.92 Å². The van der Waals surface area contributed by atoms with E-state index in [0.29, 0.717) is 18.7 Å². The Morgan fingerprint density at radius 2 is 2.12 bits per heavy atom. The molecule has 0 saturated carbocycles. The number of hydrogen-bond donors (Lipinski definition) is 3. The normalized spacial score (nSPS) is 21.6. The zero-order valence-electron chi connectivity index (χ0n) is 9.20. The van der Waals surface area contributed by atoms with Gasteiger partial charge in [-0.25, -0.2) is 4.79 Å². The molecule has 0 aromatic carbocycles. The summed E-state index contributed by atoms with van der Waals surface area (Å²) >= 11 is 4.08. The first-order valence-corrected chi connectivity index (χ1v) is 5.94. The SMILES string of the molecule is O=C(O)CC[C@@H](C(=O)O)N1CC(CS)CC1=O. The van der Waals surface area contributed by atoms with Crippen LogP contribution in [-0.4, -0.2) is 51.3 Å². The molecule has 1 amide bonds. The van der Waals surface area contributed by atoms with Crippen molar-refractivity contribution >= 4 is 30.5 Å². The van der Waals surface area contributed by atoms with Gasteiger partial charge < -0.3 is 15.1 Å². The van der Waals surface area contributed by atoms with Crippen molar-refractivity contribution in [3.8, 4) is 0 Å².